The summed E-state index contributed by atoms with van der Waals surface area (Å²) in [6.45, 7) is 1.06. The van der Waals surface area contributed by atoms with E-state index >= 15 is 0 Å². The molecule has 190 valence electrons. The van der Waals surface area contributed by atoms with Gasteiger partial charge in [-0.3, -0.25) is 9.59 Å². The number of likely N-dealkylation sites (tertiary alicyclic amines) is 1. The molecule has 5 N–H and O–H groups in total. The van der Waals surface area contributed by atoms with Crippen LogP contribution in [0.4, 0.5) is 11.8 Å². The first-order chi connectivity index (χ1) is 17.0. The summed E-state index contributed by atoms with van der Waals surface area (Å²) in [5.74, 6) is -0.0721. The van der Waals surface area contributed by atoms with Crippen LogP contribution in [0.25, 0.3) is 11.2 Å². The van der Waals surface area contributed by atoms with Crippen molar-refractivity contribution in [1.29, 1.82) is 0 Å². The van der Waals surface area contributed by atoms with Gasteiger partial charge in [0.1, 0.15) is 6.42 Å². The fraction of sp³-hybridized carbons (Fsp3) is 0.708. The van der Waals surface area contributed by atoms with E-state index in [-0.39, 0.29) is 18.0 Å². The monoisotopic (exact) mass is 484 g/mol. The molecular formula is C24H36N8O3. The second-order valence-corrected chi connectivity index (χ2v) is 10.3. The quantitative estimate of drug-likeness (QED) is 0.434. The Labute approximate surface area is 204 Å². The summed E-state index contributed by atoms with van der Waals surface area (Å²) in [7, 11) is 0. The molecule has 0 bridgehead atoms. The molecule has 1 aliphatic heterocycles. The molecule has 0 aromatic carbocycles. The van der Waals surface area contributed by atoms with Crippen molar-refractivity contribution in [2.75, 3.05) is 23.7 Å². The molecule has 3 heterocycles. The Morgan fingerprint density at radius 2 is 1.66 bits per heavy atom. The number of fused-ring (bicyclic) bond motifs is 1. The van der Waals surface area contributed by atoms with E-state index in [1.165, 1.54) is 12.8 Å². The molecule has 0 spiro atoms. The molecule has 1 amide bonds. The lowest BCUT2D eigenvalue weighted by molar-refractivity contribution is -0.144. The van der Waals surface area contributed by atoms with Crippen LogP contribution in [-0.2, 0) is 9.59 Å². The zero-order chi connectivity index (χ0) is 24.4. The largest absolute Gasteiger partial charge is 0.481 e. The zero-order valence-electron chi connectivity index (χ0n) is 20.2. The smallest absolute Gasteiger partial charge is 0.312 e. The van der Waals surface area contributed by atoms with Crippen LogP contribution in [0.3, 0.4) is 0 Å². The maximum Gasteiger partial charge on any atom is 0.312 e. The number of aliphatic carboxylic acids is 1. The molecule has 0 unspecified atom stereocenters. The molecule has 3 aliphatic rings. The number of amides is 1. The lowest BCUT2D eigenvalue weighted by atomic mass is 9.92. The number of imidazole rings is 1. The Morgan fingerprint density at radius 1 is 0.971 bits per heavy atom. The van der Waals surface area contributed by atoms with Crippen molar-refractivity contribution in [2.45, 2.75) is 94.8 Å². The topological polar surface area (TPSA) is 151 Å². The van der Waals surface area contributed by atoms with E-state index in [4.69, 9.17) is 25.8 Å². The maximum absolute atomic E-state index is 12.1. The number of carbonyl (C=O) groups is 2. The van der Waals surface area contributed by atoms with E-state index in [2.05, 4.69) is 15.2 Å². The van der Waals surface area contributed by atoms with Crippen LogP contribution in [0.1, 0.15) is 76.7 Å². The van der Waals surface area contributed by atoms with E-state index < -0.39 is 12.4 Å². The van der Waals surface area contributed by atoms with Crippen LogP contribution < -0.4 is 16.4 Å². The molecule has 5 rings (SSSR count). The highest BCUT2D eigenvalue weighted by molar-refractivity contribution is 5.93. The van der Waals surface area contributed by atoms with Gasteiger partial charge >= 0.3 is 5.97 Å². The second kappa shape index (κ2) is 10.3. The van der Waals surface area contributed by atoms with Crippen molar-refractivity contribution < 1.29 is 14.7 Å². The second-order valence-electron chi connectivity index (χ2n) is 10.3. The molecule has 11 heteroatoms. The number of hydrogen-bond acceptors (Lipinski definition) is 8. The van der Waals surface area contributed by atoms with Gasteiger partial charge in [-0.25, -0.2) is 4.98 Å². The number of carboxylic acids is 1. The van der Waals surface area contributed by atoms with E-state index in [0.29, 0.717) is 31.1 Å². The van der Waals surface area contributed by atoms with Gasteiger partial charge in [-0.05, 0) is 51.4 Å². The van der Waals surface area contributed by atoms with Crippen molar-refractivity contribution in [1.82, 2.24) is 24.4 Å². The fourth-order valence-electron chi connectivity index (χ4n) is 5.69. The van der Waals surface area contributed by atoms with E-state index in [1.54, 1.807) is 4.90 Å². The Balaban J connectivity index is 1.34. The van der Waals surface area contributed by atoms with Gasteiger partial charge in [-0.1, -0.05) is 12.8 Å². The number of rotatable bonds is 7. The molecule has 11 nitrogen and oxygen atoms in total. The van der Waals surface area contributed by atoms with Gasteiger partial charge in [0.2, 0.25) is 11.9 Å². The Morgan fingerprint density at radius 3 is 2.34 bits per heavy atom. The highest BCUT2D eigenvalue weighted by atomic mass is 16.4. The molecule has 0 atom stereocenters. The van der Waals surface area contributed by atoms with Crippen LogP contribution in [0, 0.1) is 0 Å². The van der Waals surface area contributed by atoms with Crippen LogP contribution in [0.15, 0.2) is 6.33 Å². The number of carbonyl (C=O) groups excluding carboxylic acids is 1. The van der Waals surface area contributed by atoms with Crippen LogP contribution >= 0.6 is 0 Å². The van der Waals surface area contributed by atoms with Crippen LogP contribution in [-0.4, -0.2) is 72.6 Å². The highest BCUT2D eigenvalue weighted by Gasteiger charge is 2.27. The minimum Gasteiger partial charge on any atom is -0.481 e. The number of carboxylic acid groups (broad SMARTS) is 1. The summed E-state index contributed by atoms with van der Waals surface area (Å²) in [5, 5.41) is 16.0. The number of anilines is 2. The van der Waals surface area contributed by atoms with E-state index in [1.807, 2.05) is 6.33 Å². The normalized spacial score (nSPS) is 24.1. The lowest BCUT2D eigenvalue weighted by Crippen LogP contribution is -2.43. The maximum atomic E-state index is 12.1. The van der Waals surface area contributed by atoms with Gasteiger partial charge < -0.3 is 30.9 Å². The van der Waals surface area contributed by atoms with Crippen molar-refractivity contribution in [2.24, 2.45) is 5.73 Å². The summed E-state index contributed by atoms with van der Waals surface area (Å²) < 4.78 is 2.21. The molecule has 0 radical (unpaired) electrons. The third kappa shape index (κ3) is 5.50. The number of nitrogens with one attached hydrogen (secondary N) is 2. The minimum absolute atomic E-state index is 0.124. The number of nitrogens with zero attached hydrogens (tertiary/aromatic N) is 5. The van der Waals surface area contributed by atoms with E-state index in [0.717, 1.165) is 68.3 Å². The Bertz CT molecular complexity index is 1050. The predicted octanol–water partition coefficient (Wildman–Crippen LogP) is 2.50. The van der Waals surface area contributed by atoms with Gasteiger partial charge in [0.05, 0.1) is 6.33 Å². The molecule has 35 heavy (non-hydrogen) atoms. The number of aromatic nitrogens is 4. The van der Waals surface area contributed by atoms with Crippen LogP contribution in [0.2, 0.25) is 0 Å². The Hall–Kier alpha value is -2.95. The predicted molar refractivity (Wildman–Crippen MR) is 132 cm³/mol. The van der Waals surface area contributed by atoms with Crippen molar-refractivity contribution >= 4 is 34.8 Å². The number of hydrogen-bond donors (Lipinski definition) is 4. The molecule has 2 aromatic heterocycles. The third-order valence-electron chi connectivity index (χ3n) is 7.74. The summed E-state index contributed by atoms with van der Waals surface area (Å²) in [5.41, 5.74) is 7.72. The third-order valence-corrected chi connectivity index (χ3v) is 7.74. The summed E-state index contributed by atoms with van der Waals surface area (Å²) in [6.07, 6.45) is 11.7. The first-order valence-electron chi connectivity index (χ1n) is 13.0. The average Bonchev–Trinajstić information content (AvgIpc) is 3.51. The van der Waals surface area contributed by atoms with E-state index in [9.17, 15) is 9.59 Å². The summed E-state index contributed by atoms with van der Waals surface area (Å²) in [4.78, 5) is 39.1. The average molecular weight is 485 g/mol. The number of piperidine rings is 1. The molecule has 3 fully saturated rings. The molecule has 2 saturated carbocycles. The standard InChI is InChI=1S/C24H36N8O3/c25-15-5-7-16(8-6-15)28-24-29-22(21-23(30-24)32(14-26-21)18-3-1-2-4-18)27-17-9-11-31(12-10-17)19(33)13-20(34)35/h14-18H,1-13,25H2,(H,34,35)(H2,27,28,29,30). The first-order valence-corrected chi connectivity index (χ1v) is 13.0. The Kier molecular flexibility index (Phi) is 7.03. The molecule has 2 aromatic rings. The van der Waals surface area contributed by atoms with Gasteiger partial charge in [-0.15, -0.1) is 0 Å². The van der Waals surface area contributed by atoms with Crippen molar-refractivity contribution in [3.8, 4) is 0 Å². The molecular weight excluding hydrogens is 448 g/mol. The number of nitrogens with two attached hydrogens (primary N) is 1. The first kappa shape index (κ1) is 23.8. The van der Waals surface area contributed by atoms with Crippen LogP contribution in [0.5, 0.6) is 0 Å². The lowest BCUT2D eigenvalue weighted by Gasteiger charge is -2.32. The van der Waals surface area contributed by atoms with Crippen molar-refractivity contribution in [3.05, 3.63) is 6.33 Å². The highest BCUT2D eigenvalue weighted by Crippen LogP contribution is 2.34. The summed E-state index contributed by atoms with van der Waals surface area (Å²) in [6, 6.07) is 1.14. The molecule has 2 aliphatic carbocycles. The SMILES string of the molecule is NC1CCC(Nc2nc(NC3CCN(C(=O)CC(=O)O)CC3)c3ncn(C4CCCC4)c3n2)CC1. The van der Waals surface area contributed by atoms with Gasteiger partial charge in [0.15, 0.2) is 17.0 Å². The van der Waals surface area contributed by atoms with Crippen molar-refractivity contribution in [3.63, 3.8) is 0 Å². The fourth-order valence-corrected chi connectivity index (χ4v) is 5.69. The molecule has 1 saturated heterocycles. The zero-order valence-corrected chi connectivity index (χ0v) is 20.2. The minimum atomic E-state index is -1.09. The van der Waals surface area contributed by atoms with Gasteiger partial charge in [-0.2, -0.15) is 9.97 Å². The van der Waals surface area contributed by atoms with Gasteiger partial charge in [0, 0.05) is 37.3 Å². The van der Waals surface area contributed by atoms with Gasteiger partial charge in [0.25, 0.3) is 0 Å². The summed E-state index contributed by atoms with van der Waals surface area (Å²) >= 11 is 0.